The Labute approximate surface area is 117 Å². The number of nitrogens with zero attached hydrogens (tertiary/aromatic N) is 2. The molecule has 0 bridgehead atoms. The summed E-state index contributed by atoms with van der Waals surface area (Å²) in [5.74, 6) is 5.51. The van der Waals surface area contributed by atoms with E-state index in [1.54, 1.807) is 12.1 Å². The molecule has 0 saturated carbocycles. The number of hydrogen-bond donors (Lipinski definition) is 3. The molecule has 1 amide bonds. The molecule has 0 atom stereocenters. The number of nitrogens with one attached hydrogen (secondary N) is 2. The normalized spacial score (nSPS) is 9.95. The number of anilines is 3. The van der Waals surface area contributed by atoms with Gasteiger partial charge in [-0.25, -0.2) is 10.8 Å². The molecular formula is C14H17N5O. The molecule has 0 spiro atoms. The van der Waals surface area contributed by atoms with Crippen LogP contribution in [0.5, 0.6) is 0 Å². The largest absolute Gasteiger partial charge is 0.378 e. The fraction of sp³-hybridized carbons (Fsp3) is 0.143. The second-order valence-electron chi connectivity index (χ2n) is 4.47. The fourth-order valence-electron chi connectivity index (χ4n) is 1.72. The first-order valence-electron chi connectivity index (χ1n) is 6.11. The minimum atomic E-state index is -0.209. The van der Waals surface area contributed by atoms with Crippen molar-refractivity contribution in [2.24, 2.45) is 5.84 Å². The number of nitrogen functional groups attached to an aromatic ring is 1. The SMILES string of the molecule is CN(C)c1cccc(NC(=O)c2ccnc(NN)c2)c1. The maximum absolute atomic E-state index is 12.1. The van der Waals surface area contributed by atoms with Crippen LogP contribution in [-0.2, 0) is 0 Å². The van der Waals surface area contributed by atoms with Crippen LogP contribution in [0.25, 0.3) is 0 Å². The summed E-state index contributed by atoms with van der Waals surface area (Å²) in [6.07, 6.45) is 1.53. The number of aromatic nitrogens is 1. The number of amides is 1. The number of hydrazine groups is 1. The van der Waals surface area contributed by atoms with Gasteiger partial charge in [-0.2, -0.15) is 0 Å². The van der Waals surface area contributed by atoms with E-state index in [-0.39, 0.29) is 5.91 Å². The summed E-state index contributed by atoms with van der Waals surface area (Å²) in [7, 11) is 3.89. The molecule has 4 N–H and O–H groups in total. The molecule has 2 rings (SSSR count). The molecule has 0 saturated heterocycles. The summed E-state index contributed by atoms with van der Waals surface area (Å²) in [4.78, 5) is 18.1. The Kier molecular flexibility index (Phi) is 4.17. The lowest BCUT2D eigenvalue weighted by Gasteiger charge is -2.14. The van der Waals surface area contributed by atoms with Crippen LogP contribution in [-0.4, -0.2) is 25.0 Å². The molecule has 0 aliphatic rings. The summed E-state index contributed by atoms with van der Waals surface area (Å²) >= 11 is 0. The Morgan fingerprint density at radius 1 is 1.25 bits per heavy atom. The van der Waals surface area contributed by atoms with E-state index < -0.39 is 0 Å². The zero-order chi connectivity index (χ0) is 14.5. The van der Waals surface area contributed by atoms with Gasteiger partial charge in [-0.3, -0.25) is 4.79 Å². The highest BCUT2D eigenvalue weighted by molar-refractivity contribution is 6.04. The molecule has 2 aromatic rings. The molecular weight excluding hydrogens is 254 g/mol. The third-order valence-corrected chi connectivity index (χ3v) is 2.79. The van der Waals surface area contributed by atoms with E-state index in [9.17, 15) is 4.79 Å². The monoisotopic (exact) mass is 271 g/mol. The van der Waals surface area contributed by atoms with Crippen molar-refractivity contribution in [3.8, 4) is 0 Å². The molecule has 1 aromatic heterocycles. The Morgan fingerprint density at radius 3 is 2.75 bits per heavy atom. The van der Waals surface area contributed by atoms with Gasteiger partial charge in [0.25, 0.3) is 5.91 Å². The van der Waals surface area contributed by atoms with Gasteiger partial charge in [0.05, 0.1) is 0 Å². The van der Waals surface area contributed by atoms with Gasteiger partial charge >= 0.3 is 0 Å². The van der Waals surface area contributed by atoms with Gasteiger partial charge in [0, 0.05) is 37.2 Å². The fourth-order valence-corrected chi connectivity index (χ4v) is 1.72. The first kappa shape index (κ1) is 13.8. The standard InChI is InChI=1S/C14H17N5O/c1-19(2)12-5-3-4-11(9-12)17-14(20)10-6-7-16-13(8-10)18-15/h3-9H,15H2,1-2H3,(H,16,18)(H,17,20). The first-order chi connectivity index (χ1) is 9.60. The third kappa shape index (κ3) is 3.24. The van der Waals surface area contributed by atoms with Crippen LogP contribution in [0.2, 0.25) is 0 Å². The maximum atomic E-state index is 12.1. The molecule has 6 heteroatoms. The minimum Gasteiger partial charge on any atom is -0.378 e. The number of carbonyl (C=O) groups excluding carboxylic acids is 1. The predicted molar refractivity (Wildman–Crippen MR) is 80.8 cm³/mol. The summed E-state index contributed by atoms with van der Waals surface area (Å²) in [5.41, 5.74) is 4.65. The Hall–Kier alpha value is -2.60. The number of rotatable bonds is 4. The molecule has 0 unspecified atom stereocenters. The van der Waals surface area contributed by atoms with Crippen LogP contribution in [0.3, 0.4) is 0 Å². The van der Waals surface area contributed by atoms with Crippen molar-refractivity contribution >= 4 is 23.1 Å². The lowest BCUT2D eigenvalue weighted by molar-refractivity contribution is 0.102. The maximum Gasteiger partial charge on any atom is 0.255 e. The van der Waals surface area contributed by atoms with Crippen LogP contribution in [0.1, 0.15) is 10.4 Å². The van der Waals surface area contributed by atoms with Gasteiger partial charge in [0.15, 0.2) is 0 Å². The molecule has 0 aliphatic heterocycles. The zero-order valence-electron chi connectivity index (χ0n) is 11.4. The lowest BCUT2D eigenvalue weighted by Crippen LogP contribution is -2.15. The Morgan fingerprint density at radius 2 is 2.05 bits per heavy atom. The van der Waals surface area contributed by atoms with E-state index in [0.29, 0.717) is 11.4 Å². The average Bonchev–Trinajstić information content (AvgIpc) is 2.47. The molecule has 104 valence electrons. The third-order valence-electron chi connectivity index (χ3n) is 2.79. The quantitative estimate of drug-likeness (QED) is 0.582. The van der Waals surface area contributed by atoms with Crippen LogP contribution < -0.4 is 21.5 Å². The van der Waals surface area contributed by atoms with Gasteiger partial charge in [-0.1, -0.05) is 6.07 Å². The second kappa shape index (κ2) is 6.03. The molecule has 1 aromatic carbocycles. The van der Waals surface area contributed by atoms with Gasteiger partial charge in [0.1, 0.15) is 5.82 Å². The average molecular weight is 271 g/mol. The summed E-state index contributed by atoms with van der Waals surface area (Å²) < 4.78 is 0. The Balaban J connectivity index is 2.16. The molecule has 6 nitrogen and oxygen atoms in total. The van der Waals surface area contributed by atoms with Crippen molar-refractivity contribution in [2.45, 2.75) is 0 Å². The van der Waals surface area contributed by atoms with Crippen molar-refractivity contribution in [1.82, 2.24) is 4.98 Å². The Bertz CT molecular complexity index is 612. The number of pyridine rings is 1. The number of benzene rings is 1. The van der Waals surface area contributed by atoms with Crippen molar-refractivity contribution in [3.05, 3.63) is 48.2 Å². The summed E-state index contributed by atoms with van der Waals surface area (Å²) in [5, 5.41) is 2.84. The molecule has 20 heavy (non-hydrogen) atoms. The van der Waals surface area contributed by atoms with E-state index in [0.717, 1.165) is 11.4 Å². The molecule has 0 fully saturated rings. The summed E-state index contributed by atoms with van der Waals surface area (Å²) in [6, 6.07) is 10.8. The van der Waals surface area contributed by atoms with Gasteiger partial charge < -0.3 is 15.6 Å². The number of nitrogens with two attached hydrogens (primary N) is 1. The van der Waals surface area contributed by atoms with E-state index >= 15 is 0 Å². The molecule has 0 aliphatic carbocycles. The van der Waals surface area contributed by atoms with E-state index in [1.807, 2.05) is 43.3 Å². The van der Waals surface area contributed by atoms with E-state index in [2.05, 4.69) is 15.7 Å². The van der Waals surface area contributed by atoms with Crippen molar-refractivity contribution in [1.29, 1.82) is 0 Å². The topological polar surface area (TPSA) is 83.3 Å². The van der Waals surface area contributed by atoms with E-state index in [1.165, 1.54) is 6.20 Å². The highest BCUT2D eigenvalue weighted by Gasteiger charge is 2.07. The number of carbonyl (C=O) groups is 1. The van der Waals surface area contributed by atoms with Crippen molar-refractivity contribution in [3.63, 3.8) is 0 Å². The first-order valence-corrected chi connectivity index (χ1v) is 6.11. The highest BCUT2D eigenvalue weighted by atomic mass is 16.1. The predicted octanol–water partition coefficient (Wildman–Crippen LogP) is 1.69. The zero-order valence-corrected chi connectivity index (χ0v) is 11.4. The van der Waals surface area contributed by atoms with Crippen LogP contribution in [0, 0.1) is 0 Å². The smallest absolute Gasteiger partial charge is 0.255 e. The van der Waals surface area contributed by atoms with Crippen LogP contribution in [0.4, 0.5) is 17.2 Å². The lowest BCUT2D eigenvalue weighted by atomic mass is 10.2. The second-order valence-corrected chi connectivity index (χ2v) is 4.47. The molecule has 1 heterocycles. The highest BCUT2D eigenvalue weighted by Crippen LogP contribution is 2.18. The van der Waals surface area contributed by atoms with Gasteiger partial charge in [-0.05, 0) is 30.3 Å². The van der Waals surface area contributed by atoms with Crippen molar-refractivity contribution in [2.75, 3.05) is 29.7 Å². The number of hydrogen-bond acceptors (Lipinski definition) is 5. The van der Waals surface area contributed by atoms with Gasteiger partial charge in [-0.15, -0.1) is 0 Å². The van der Waals surface area contributed by atoms with Crippen LogP contribution >= 0.6 is 0 Å². The van der Waals surface area contributed by atoms with Crippen molar-refractivity contribution < 1.29 is 4.79 Å². The summed E-state index contributed by atoms with van der Waals surface area (Å²) in [6.45, 7) is 0. The molecule has 0 radical (unpaired) electrons. The van der Waals surface area contributed by atoms with Crippen LogP contribution in [0.15, 0.2) is 42.6 Å². The van der Waals surface area contributed by atoms with Gasteiger partial charge in [0.2, 0.25) is 0 Å². The minimum absolute atomic E-state index is 0.209. The van der Waals surface area contributed by atoms with E-state index in [4.69, 9.17) is 5.84 Å².